The van der Waals surface area contributed by atoms with E-state index in [2.05, 4.69) is 5.32 Å². The molecule has 1 saturated heterocycles. The first-order chi connectivity index (χ1) is 16.2. The van der Waals surface area contributed by atoms with Crippen molar-refractivity contribution in [1.82, 2.24) is 4.90 Å². The number of amides is 1. The summed E-state index contributed by atoms with van der Waals surface area (Å²) in [5.74, 6) is -1.09. The van der Waals surface area contributed by atoms with Gasteiger partial charge < -0.3 is 24.3 Å². The second-order valence-electron chi connectivity index (χ2n) is 8.60. The monoisotopic (exact) mass is 471 g/mol. The molecule has 4 rings (SSSR count). The fourth-order valence-electron chi connectivity index (χ4n) is 4.00. The van der Waals surface area contributed by atoms with E-state index in [0.29, 0.717) is 54.3 Å². The summed E-state index contributed by atoms with van der Waals surface area (Å²) in [5.41, 5.74) is 1.64. The van der Waals surface area contributed by atoms with Gasteiger partial charge in [0.05, 0.1) is 31.1 Å². The summed E-state index contributed by atoms with van der Waals surface area (Å²) in [7, 11) is 3.33. The number of fused-ring (bicyclic) bond motifs is 1. The van der Waals surface area contributed by atoms with Gasteiger partial charge in [0.15, 0.2) is 11.3 Å². The highest BCUT2D eigenvalue weighted by atomic mass is 19.1. The minimum Gasteiger partial charge on any atom is -0.440 e. The Morgan fingerprint density at radius 3 is 2.41 bits per heavy atom. The number of anilines is 2. The van der Waals surface area contributed by atoms with E-state index in [9.17, 15) is 18.4 Å². The third-order valence-electron chi connectivity index (χ3n) is 5.79. The number of ether oxygens (including phenoxy) is 1. The van der Waals surface area contributed by atoms with Gasteiger partial charge in [0.2, 0.25) is 5.91 Å². The van der Waals surface area contributed by atoms with Crippen LogP contribution in [0.15, 0.2) is 45.6 Å². The largest absolute Gasteiger partial charge is 0.440 e. The molecule has 0 spiro atoms. The van der Waals surface area contributed by atoms with Crippen molar-refractivity contribution in [1.29, 1.82) is 0 Å². The van der Waals surface area contributed by atoms with E-state index in [4.69, 9.17) is 9.15 Å². The van der Waals surface area contributed by atoms with Crippen molar-refractivity contribution >= 4 is 28.4 Å². The predicted octanol–water partition coefficient (Wildman–Crippen LogP) is 3.71. The molecule has 1 atom stereocenters. The van der Waals surface area contributed by atoms with Crippen molar-refractivity contribution in [3.63, 3.8) is 0 Å². The molecule has 9 heteroatoms. The molecule has 0 radical (unpaired) electrons. The first-order valence-electron chi connectivity index (χ1n) is 11.1. The lowest BCUT2D eigenvalue weighted by Crippen LogP contribution is -2.36. The zero-order valence-corrected chi connectivity index (χ0v) is 19.4. The van der Waals surface area contributed by atoms with E-state index >= 15 is 0 Å². The number of halogens is 2. The molecule has 34 heavy (non-hydrogen) atoms. The maximum Gasteiger partial charge on any atom is 0.226 e. The SMILES string of the molecule is CC(Nc1cc(F)cc(F)c1)c1cc(CC(=O)N(C)C)cc2c(=O)cc(N3CCOCC3)oc12. The van der Waals surface area contributed by atoms with Gasteiger partial charge in [-0.15, -0.1) is 0 Å². The van der Waals surface area contributed by atoms with Crippen molar-refractivity contribution in [2.45, 2.75) is 19.4 Å². The number of nitrogens with zero attached hydrogens (tertiary/aromatic N) is 2. The number of likely N-dealkylation sites (N-methyl/N-ethyl adjacent to an activating group) is 1. The number of hydrogen-bond donors (Lipinski definition) is 1. The van der Waals surface area contributed by atoms with E-state index in [0.717, 1.165) is 6.07 Å². The third-order valence-corrected chi connectivity index (χ3v) is 5.79. The van der Waals surface area contributed by atoms with Crippen LogP contribution in [0.3, 0.4) is 0 Å². The average molecular weight is 472 g/mol. The van der Waals surface area contributed by atoms with Gasteiger partial charge in [0, 0.05) is 50.6 Å². The zero-order chi connectivity index (χ0) is 24.4. The smallest absolute Gasteiger partial charge is 0.226 e. The van der Waals surface area contributed by atoms with E-state index in [1.165, 1.54) is 23.1 Å². The van der Waals surface area contributed by atoms with Gasteiger partial charge in [-0.05, 0) is 36.8 Å². The van der Waals surface area contributed by atoms with Gasteiger partial charge in [-0.3, -0.25) is 9.59 Å². The van der Waals surface area contributed by atoms with Crippen LogP contribution in [0.1, 0.15) is 24.1 Å². The highest BCUT2D eigenvalue weighted by molar-refractivity contribution is 5.85. The molecule has 0 saturated carbocycles. The number of morpholine rings is 1. The fourth-order valence-corrected chi connectivity index (χ4v) is 4.00. The second-order valence-corrected chi connectivity index (χ2v) is 8.60. The van der Waals surface area contributed by atoms with Gasteiger partial charge in [0.25, 0.3) is 0 Å². The summed E-state index contributed by atoms with van der Waals surface area (Å²) in [6, 6.07) is 7.61. The number of hydrogen-bond acceptors (Lipinski definition) is 6. The summed E-state index contributed by atoms with van der Waals surface area (Å²) < 4.78 is 39.1. The van der Waals surface area contributed by atoms with Crippen molar-refractivity contribution in [3.8, 4) is 0 Å². The third kappa shape index (κ3) is 5.20. The molecule has 3 aromatic rings. The Morgan fingerprint density at radius 1 is 1.09 bits per heavy atom. The predicted molar refractivity (Wildman–Crippen MR) is 126 cm³/mol. The standard InChI is InChI=1S/C25H27F2N3O4/c1-15(28-19-12-17(26)11-18(27)13-19)20-8-16(10-23(32)29(2)3)9-21-22(31)14-24(34-25(20)21)30-4-6-33-7-5-30/h8-9,11-15,28H,4-7,10H2,1-3H3. The molecule has 2 heterocycles. The van der Waals surface area contributed by atoms with Crippen LogP contribution < -0.4 is 15.6 Å². The lowest BCUT2D eigenvalue weighted by Gasteiger charge is -2.27. The van der Waals surface area contributed by atoms with Crippen molar-refractivity contribution in [2.24, 2.45) is 0 Å². The maximum atomic E-state index is 13.7. The van der Waals surface area contributed by atoms with Crippen LogP contribution in [0.25, 0.3) is 11.0 Å². The first-order valence-corrected chi connectivity index (χ1v) is 11.1. The summed E-state index contributed by atoms with van der Waals surface area (Å²) in [6.07, 6.45) is 0.0991. The molecular formula is C25H27F2N3O4. The average Bonchev–Trinajstić information content (AvgIpc) is 2.78. The summed E-state index contributed by atoms with van der Waals surface area (Å²) >= 11 is 0. The summed E-state index contributed by atoms with van der Waals surface area (Å²) in [6.45, 7) is 4.05. The lowest BCUT2D eigenvalue weighted by atomic mass is 9.98. The van der Waals surface area contributed by atoms with Crippen LogP contribution in [-0.4, -0.2) is 51.2 Å². The van der Waals surface area contributed by atoms with Crippen molar-refractivity contribution < 1.29 is 22.7 Å². The zero-order valence-electron chi connectivity index (χ0n) is 19.4. The van der Waals surface area contributed by atoms with Crippen molar-refractivity contribution in [3.05, 3.63) is 69.4 Å². The van der Waals surface area contributed by atoms with Crippen LogP contribution in [0.4, 0.5) is 20.4 Å². The summed E-state index contributed by atoms with van der Waals surface area (Å²) in [4.78, 5) is 28.9. The molecule has 1 aliphatic heterocycles. The minimum atomic E-state index is -0.703. The van der Waals surface area contributed by atoms with E-state index in [1.807, 2.05) is 4.90 Å². The Balaban J connectivity index is 1.81. The number of carbonyl (C=O) groups is 1. The van der Waals surface area contributed by atoms with E-state index < -0.39 is 17.7 Å². The van der Waals surface area contributed by atoms with Crippen LogP contribution in [0.5, 0.6) is 0 Å². The number of nitrogens with one attached hydrogen (secondary N) is 1. The van der Waals surface area contributed by atoms with E-state index in [-0.39, 0.29) is 23.4 Å². The van der Waals surface area contributed by atoms with Gasteiger partial charge in [-0.2, -0.15) is 0 Å². The number of rotatable bonds is 6. The molecule has 1 aromatic heterocycles. The molecule has 1 unspecified atom stereocenters. The van der Waals surface area contributed by atoms with Crippen LogP contribution in [-0.2, 0) is 16.0 Å². The Hall–Kier alpha value is -3.46. The van der Waals surface area contributed by atoms with Crippen LogP contribution in [0, 0.1) is 11.6 Å². The van der Waals surface area contributed by atoms with Crippen LogP contribution in [0.2, 0.25) is 0 Å². The minimum absolute atomic E-state index is 0.0991. The van der Waals surface area contributed by atoms with Gasteiger partial charge in [-0.25, -0.2) is 8.78 Å². The van der Waals surface area contributed by atoms with Gasteiger partial charge >= 0.3 is 0 Å². The topological polar surface area (TPSA) is 75.0 Å². The Kier molecular flexibility index (Phi) is 6.83. The molecule has 1 N–H and O–H groups in total. The number of benzene rings is 2. The molecule has 2 aromatic carbocycles. The maximum absolute atomic E-state index is 13.7. The lowest BCUT2D eigenvalue weighted by molar-refractivity contribution is -0.127. The fraction of sp³-hybridized carbons (Fsp3) is 0.360. The number of carbonyl (C=O) groups excluding carboxylic acids is 1. The highest BCUT2D eigenvalue weighted by Crippen LogP contribution is 2.31. The molecular weight excluding hydrogens is 444 g/mol. The Labute approximate surface area is 195 Å². The molecule has 1 amide bonds. The van der Waals surface area contributed by atoms with E-state index in [1.54, 1.807) is 33.2 Å². The summed E-state index contributed by atoms with van der Waals surface area (Å²) in [5, 5.41) is 3.43. The molecule has 1 aliphatic rings. The normalized spacial score (nSPS) is 14.8. The van der Waals surface area contributed by atoms with Gasteiger partial charge in [0.1, 0.15) is 17.2 Å². The molecule has 7 nitrogen and oxygen atoms in total. The van der Waals surface area contributed by atoms with Gasteiger partial charge in [-0.1, -0.05) is 0 Å². The molecule has 180 valence electrons. The van der Waals surface area contributed by atoms with Crippen LogP contribution >= 0.6 is 0 Å². The molecule has 1 fully saturated rings. The second kappa shape index (κ2) is 9.80. The first kappa shape index (κ1) is 23.7. The quantitative estimate of drug-likeness (QED) is 0.591. The molecule has 0 bridgehead atoms. The Bertz CT molecular complexity index is 1250. The molecule has 0 aliphatic carbocycles. The Morgan fingerprint density at radius 2 is 1.76 bits per heavy atom. The highest BCUT2D eigenvalue weighted by Gasteiger charge is 2.21. The van der Waals surface area contributed by atoms with Crippen molar-refractivity contribution in [2.75, 3.05) is 50.6 Å².